The zero-order valence-corrected chi connectivity index (χ0v) is 8.91. The predicted molar refractivity (Wildman–Crippen MR) is 53.0 cm³/mol. The van der Waals surface area contributed by atoms with E-state index in [0.717, 1.165) is 11.3 Å². The van der Waals surface area contributed by atoms with Crippen LogP contribution in [0.25, 0.3) is 0 Å². The minimum atomic E-state index is -2.39. The summed E-state index contributed by atoms with van der Waals surface area (Å²) in [7, 11) is 0. The van der Waals surface area contributed by atoms with Gasteiger partial charge in [0.1, 0.15) is 11.5 Å². The number of aryl methyl sites for hydroxylation is 2. The fourth-order valence-electron chi connectivity index (χ4n) is 1.09. The first kappa shape index (κ1) is 13.4. The smallest absolute Gasteiger partial charge is 0.240 e. The topological polar surface area (TPSA) is 39.2 Å². The lowest BCUT2D eigenvalue weighted by molar-refractivity contribution is 0.124. The van der Waals surface area contributed by atoms with Gasteiger partial charge in [-0.25, -0.2) is 8.78 Å². The van der Waals surface area contributed by atoms with Gasteiger partial charge in [-0.05, 0) is 25.5 Å². The van der Waals surface area contributed by atoms with Gasteiger partial charge >= 0.3 is 0 Å². The van der Waals surface area contributed by atoms with Gasteiger partial charge in [-0.15, -0.1) is 12.4 Å². The predicted octanol–water partition coefficient (Wildman–Crippen LogP) is 2.97. The number of hydrogen-bond donors (Lipinski definition) is 1. The van der Waals surface area contributed by atoms with E-state index in [1.807, 2.05) is 6.92 Å². The van der Waals surface area contributed by atoms with Crippen molar-refractivity contribution in [1.82, 2.24) is 0 Å². The van der Waals surface area contributed by atoms with Crippen molar-refractivity contribution in [3.63, 3.8) is 0 Å². The third kappa shape index (κ3) is 3.27. The first-order valence-corrected chi connectivity index (χ1v) is 4.11. The van der Waals surface area contributed by atoms with Crippen LogP contribution in [0.2, 0.25) is 0 Å². The summed E-state index contributed by atoms with van der Waals surface area (Å²) >= 11 is 0. The second kappa shape index (κ2) is 5.32. The standard InChI is InChI=1S/C9H13F2NO.ClH/c1-5-3-8(13-6(5)2)7(12)4-9(10)11;/h3,7,9H,4,12H2,1-2H3;1H/t7-;/m1./s1. The van der Waals surface area contributed by atoms with Crippen LogP contribution in [0.3, 0.4) is 0 Å². The maximum absolute atomic E-state index is 12.0. The van der Waals surface area contributed by atoms with Crippen LogP contribution in [-0.4, -0.2) is 6.43 Å². The molecule has 0 saturated heterocycles. The van der Waals surface area contributed by atoms with Crippen LogP contribution in [0, 0.1) is 13.8 Å². The van der Waals surface area contributed by atoms with Gasteiger partial charge in [-0.1, -0.05) is 0 Å². The Kier molecular flexibility index (Phi) is 5.08. The van der Waals surface area contributed by atoms with Gasteiger partial charge in [0.15, 0.2) is 0 Å². The molecule has 0 aliphatic rings. The molecule has 5 heteroatoms. The summed E-state index contributed by atoms with van der Waals surface area (Å²) in [5.41, 5.74) is 6.45. The van der Waals surface area contributed by atoms with Gasteiger partial charge in [-0.2, -0.15) is 0 Å². The van der Waals surface area contributed by atoms with Gasteiger partial charge in [0.05, 0.1) is 6.04 Å². The summed E-state index contributed by atoms with van der Waals surface area (Å²) in [4.78, 5) is 0. The number of rotatable bonds is 3. The van der Waals surface area contributed by atoms with Gasteiger partial charge < -0.3 is 10.2 Å². The van der Waals surface area contributed by atoms with E-state index in [2.05, 4.69) is 0 Å². The summed E-state index contributed by atoms with van der Waals surface area (Å²) in [5.74, 6) is 1.18. The quantitative estimate of drug-likeness (QED) is 0.859. The molecule has 0 radical (unpaired) electrons. The molecule has 2 N–H and O–H groups in total. The van der Waals surface area contributed by atoms with Crippen LogP contribution in [-0.2, 0) is 0 Å². The lowest BCUT2D eigenvalue weighted by Crippen LogP contribution is -2.13. The van der Waals surface area contributed by atoms with Crippen molar-refractivity contribution in [3.05, 3.63) is 23.2 Å². The van der Waals surface area contributed by atoms with Crippen molar-refractivity contribution < 1.29 is 13.2 Å². The Hall–Kier alpha value is -0.610. The Morgan fingerprint density at radius 2 is 2.00 bits per heavy atom. The molecule has 1 heterocycles. The molecule has 1 atom stereocenters. The Balaban J connectivity index is 0.00000169. The van der Waals surface area contributed by atoms with Gasteiger partial charge in [-0.3, -0.25) is 0 Å². The van der Waals surface area contributed by atoms with Gasteiger partial charge in [0.2, 0.25) is 6.43 Å². The van der Waals surface area contributed by atoms with Gasteiger partial charge in [0.25, 0.3) is 0 Å². The number of halogens is 3. The summed E-state index contributed by atoms with van der Waals surface area (Å²) < 4.78 is 29.1. The second-order valence-electron chi connectivity index (χ2n) is 3.12. The highest BCUT2D eigenvalue weighted by Gasteiger charge is 2.16. The highest BCUT2D eigenvalue weighted by molar-refractivity contribution is 5.85. The SMILES string of the molecule is Cc1cc([C@H](N)CC(F)F)oc1C.Cl. The molecule has 0 amide bonds. The fraction of sp³-hybridized carbons (Fsp3) is 0.556. The highest BCUT2D eigenvalue weighted by atomic mass is 35.5. The van der Waals surface area contributed by atoms with Crippen LogP contribution in [0.5, 0.6) is 0 Å². The first-order chi connectivity index (χ1) is 6.00. The third-order valence-corrected chi connectivity index (χ3v) is 1.98. The van der Waals surface area contributed by atoms with E-state index in [1.54, 1.807) is 13.0 Å². The van der Waals surface area contributed by atoms with Crippen LogP contribution in [0.15, 0.2) is 10.5 Å². The van der Waals surface area contributed by atoms with Crippen LogP contribution in [0.1, 0.15) is 29.5 Å². The maximum Gasteiger partial charge on any atom is 0.240 e. The highest BCUT2D eigenvalue weighted by Crippen LogP contribution is 2.22. The lowest BCUT2D eigenvalue weighted by atomic mass is 10.1. The summed E-state index contributed by atoms with van der Waals surface area (Å²) in [6, 6.07) is 1.01. The van der Waals surface area contributed by atoms with Gasteiger partial charge in [0, 0.05) is 6.42 Å². The monoisotopic (exact) mass is 225 g/mol. The van der Waals surface area contributed by atoms with E-state index in [9.17, 15) is 8.78 Å². The van der Waals surface area contributed by atoms with Crippen molar-refractivity contribution in [1.29, 1.82) is 0 Å². The Bertz CT molecular complexity index is 269. The molecule has 0 unspecified atom stereocenters. The van der Waals surface area contributed by atoms with E-state index >= 15 is 0 Å². The lowest BCUT2D eigenvalue weighted by Gasteiger charge is -2.06. The van der Waals surface area contributed by atoms with E-state index in [-0.39, 0.29) is 18.8 Å². The number of furan rings is 1. The third-order valence-electron chi connectivity index (χ3n) is 1.98. The van der Waals surface area contributed by atoms with Crippen molar-refractivity contribution in [2.75, 3.05) is 0 Å². The molecule has 1 aromatic heterocycles. The second-order valence-corrected chi connectivity index (χ2v) is 3.12. The first-order valence-electron chi connectivity index (χ1n) is 4.11. The molecule has 0 spiro atoms. The number of nitrogens with two attached hydrogens (primary N) is 1. The van der Waals surface area contributed by atoms with Crippen molar-refractivity contribution in [2.24, 2.45) is 5.73 Å². The van der Waals surface area contributed by atoms with Crippen LogP contribution >= 0.6 is 12.4 Å². The molecule has 0 bridgehead atoms. The van der Waals surface area contributed by atoms with Crippen molar-refractivity contribution in [2.45, 2.75) is 32.7 Å². The number of alkyl halides is 2. The molecule has 0 aliphatic carbocycles. The Morgan fingerprint density at radius 1 is 1.43 bits per heavy atom. The van der Waals surface area contributed by atoms with E-state index in [0.29, 0.717) is 5.76 Å². The van der Waals surface area contributed by atoms with E-state index in [1.165, 1.54) is 0 Å². The largest absolute Gasteiger partial charge is 0.464 e. The van der Waals surface area contributed by atoms with Crippen LogP contribution in [0.4, 0.5) is 8.78 Å². The molecule has 82 valence electrons. The average Bonchev–Trinajstić information content (AvgIpc) is 2.31. The molecule has 0 aromatic carbocycles. The van der Waals surface area contributed by atoms with Crippen molar-refractivity contribution in [3.8, 4) is 0 Å². The summed E-state index contributed by atoms with van der Waals surface area (Å²) in [6.45, 7) is 3.64. The fourth-order valence-corrected chi connectivity index (χ4v) is 1.09. The van der Waals surface area contributed by atoms with E-state index in [4.69, 9.17) is 10.2 Å². The zero-order valence-electron chi connectivity index (χ0n) is 8.09. The minimum absolute atomic E-state index is 0. The molecule has 14 heavy (non-hydrogen) atoms. The molecule has 1 rings (SSSR count). The Morgan fingerprint density at radius 3 is 2.36 bits per heavy atom. The molecular weight excluding hydrogens is 212 g/mol. The summed E-state index contributed by atoms with van der Waals surface area (Å²) in [5, 5.41) is 0. The van der Waals surface area contributed by atoms with E-state index < -0.39 is 12.5 Å². The minimum Gasteiger partial charge on any atom is -0.464 e. The normalized spacial score (nSPS) is 12.7. The molecule has 0 aliphatic heterocycles. The van der Waals surface area contributed by atoms with Crippen LogP contribution < -0.4 is 5.73 Å². The zero-order chi connectivity index (χ0) is 10.0. The molecule has 2 nitrogen and oxygen atoms in total. The Labute approximate surface area is 87.9 Å². The molecular formula is C9H14ClF2NO. The summed E-state index contributed by atoms with van der Waals surface area (Å²) in [6.07, 6.45) is -2.74. The number of hydrogen-bond acceptors (Lipinski definition) is 2. The molecule has 0 fully saturated rings. The average molecular weight is 226 g/mol. The maximum atomic E-state index is 12.0. The molecule has 1 aromatic rings. The van der Waals surface area contributed by atoms with Crippen molar-refractivity contribution >= 4 is 12.4 Å². The molecule has 0 saturated carbocycles.